The lowest BCUT2D eigenvalue weighted by Crippen LogP contribution is -2.29. The maximum Gasteiger partial charge on any atom is 0.131 e. The lowest BCUT2D eigenvalue weighted by atomic mass is 9.98. The Hall–Kier alpha value is -1.92. The van der Waals surface area contributed by atoms with Gasteiger partial charge in [0.2, 0.25) is 0 Å². The molecule has 2 aromatic rings. The zero-order valence-electron chi connectivity index (χ0n) is 9.63. The van der Waals surface area contributed by atoms with Gasteiger partial charge in [-0.1, -0.05) is 6.07 Å². The molecule has 0 aromatic heterocycles. The summed E-state index contributed by atoms with van der Waals surface area (Å²) in [7, 11) is 0. The summed E-state index contributed by atoms with van der Waals surface area (Å²) in [6.07, 6.45) is 0. The van der Waals surface area contributed by atoms with E-state index >= 15 is 0 Å². The first-order valence-corrected chi connectivity index (χ1v) is 5.38. The lowest BCUT2D eigenvalue weighted by Gasteiger charge is -2.17. The third kappa shape index (κ3) is 2.91. The summed E-state index contributed by atoms with van der Waals surface area (Å²) in [5.41, 5.74) is 2.35. The van der Waals surface area contributed by atoms with Gasteiger partial charge in [0.05, 0.1) is 6.04 Å². The van der Waals surface area contributed by atoms with Crippen LogP contribution in [0.1, 0.15) is 17.2 Å². The largest absolute Gasteiger partial charge is 0.271 e. The topological polar surface area (TPSA) is 38.0 Å². The van der Waals surface area contributed by atoms with E-state index in [1.807, 2.05) is 0 Å². The van der Waals surface area contributed by atoms with Crippen LogP contribution in [-0.4, -0.2) is 0 Å². The molecular weight excluding hydrogens is 260 g/mol. The van der Waals surface area contributed by atoms with Crippen molar-refractivity contribution in [3.63, 3.8) is 0 Å². The minimum atomic E-state index is -0.981. The van der Waals surface area contributed by atoms with Gasteiger partial charge in [-0.2, -0.15) is 0 Å². The van der Waals surface area contributed by atoms with Gasteiger partial charge >= 0.3 is 0 Å². The Labute approximate surface area is 106 Å². The highest BCUT2D eigenvalue weighted by Gasteiger charge is 2.18. The number of hydrogen-bond acceptors (Lipinski definition) is 2. The van der Waals surface area contributed by atoms with E-state index in [4.69, 9.17) is 5.84 Å². The molecule has 2 aromatic carbocycles. The zero-order valence-corrected chi connectivity index (χ0v) is 9.63. The molecule has 0 aliphatic heterocycles. The van der Waals surface area contributed by atoms with Gasteiger partial charge in [0, 0.05) is 17.7 Å². The quantitative estimate of drug-likeness (QED) is 0.511. The maximum atomic E-state index is 13.7. The number of hydrogen-bond donors (Lipinski definition) is 2. The van der Waals surface area contributed by atoms with Crippen LogP contribution in [0, 0.1) is 23.3 Å². The minimum absolute atomic E-state index is 0.00565. The lowest BCUT2D eigenvalue weighted by molar-refractivity contribution is 0.532. The third-order valence-electron chi connectivity index (χ3n) is 2.66. The first kappa shape index (κ1) is 13.5. The van der Waals surface area contributed by atoms with Crippen molar-refractivity contribution in [1.82, 2.24) is 5.43 Å². The molecule has 3 N–H and O–H groups in total. The molecule has 0 saturated carbocycles. The summed E-state index contributed by atoms with van der Waals surface area (Å²) < 4.78 is 52.8. The second kappa shape index (κ2) is 5.38. The number of hydrazine groups is 1. The Kier molecular flexibility index (Phi) is 3.82. The van der Waals surface area contributed by atoms with Crippen LogP contribution in [0.3, 0.4) is 0 Å². The second-order valence-electron chi connectivity index (χ2n) is 3.97. The van der Waals surface area contributed by atoms with Crippen LogP contribution < -0.4 is 11.3 Å². The van der Waals surface area contributed by atoms with E-state index in [9.17, 15) is 17.6 Å². The highest BCUT2D eigenvalue weighted by molar-refractivity contribution is 5.33. The van der Waals surface area contributed by atoms with E-state index < -0.39 is 29.3 Å². The molecule has 19 heavy (non-hydrogen) atoms. The van der Waals surface area contributed by atoms with Crippen LogP contribution in [0.5, 0.6) is 0 Å². The molecular formula is C13H10F4N2. The zero-order chi connectivity index (χ0) is 14.0. The van der Waals surface area contributed by atoms with Crippen molar-refractivity contribution in [3.05, 3.63) is 70.8 Å². The molecule has 2 rings (SSSR count). The van der Waals surface area contributed by atoms with Crippen LogP contribution in [0.4, 0.5) is 17.6 Å². The van der Waals surface area contributed by atoms with E-state index in [0.717, 1.165) is 24.3 Å². The van der Waals surface area contributed by atoms with E-state index in [2.05, 4.69) is 5.43 Å². The molecule has 1 unspecified atom stereocenters. The summed E-state index contributed by atoms with van der Waals surface area (Å²) in [5.74, 6) is 2.07. The van der Waals surface area contributed by atoms with Gasteiger partial charge < -0.3 is 0 Å². The second-order valence-corrected chi connectivity index (χ2v) is 3.97. The van der Waals surface area contributed by atoms with E-state index in [0.29, 0.717) is 12.1 Å². The molecule has 0 saturated heterocycles. The molecule has 100 valence electrons. The van der Waals surface area contributed by atoms with Crippen molar-refractivity contribution in [3.8, 4) is 0 Å². The fourth-order valence-corrected chi connectivity index (χ4v) is 1.84. The average molecular weight is 270 g/mol. The highest BCUT2D eigenvalue weighted by Crippen LogP contribution is 2.25. The van der Waals surface area contributed by atoms with Gasteiger partial charge in [0.25, 0.3) is 0 Å². The van der Waals surface area contributed by atoms with Crippen LogP contribution in [0.2, 0.25) is 0 Å². The van der Waals surface area contributed by atoms with Crippen LogP contribution in [0.25, 0.3) is 0 Å². The predicted molar refractivity (Wildman–Crippen MR) is 61.9 cm³/mol. The number of halogens is 4. The van der Waals surface area contributed by atoms with Crippen molar-refractivity contribution < 1.29 is 17.6 Å². The van der Waals surface area contributed by atoms with E-state index in [1.54, 1.807) is 0 Å². The standard InChI is InChI=1S/C13H10F4N2/c14-8-1-2-11(12(17)6-8)13(19-18)7-3-9(15)5-10(16)4-7/h1-6,13,19H,18H2. The molecule has 0 fully saturated rings. The van der Waals surface area contributed by atoms with Crippen LogP contribution in [-0.2, 0) is 0 Å². The Morgan fingerprint density at radius 2 is 1.47 bits per heavy atom. The average Bonchev–Trinajstić information content (AvgIpc) is 2.31. The molecule has 0 spiro atoms. The molecule has 2 nitrogen and oxygen atoms in total. The summed E-state index contributed by atoms with van der Waals surface area (Å²) in [6, 6.07) is 4.64. The molecule has 0 aliphatic carbocycles. The Morgan fingerprint density at radius 3 is 2.00 bits per heavy atom. The van der Waals surface area contributed by atoms with Crippen LogP contribution >= 0.6 is 0 Å². The van der Waals surface area contributed by atoms with Gasteiger partial charge in [0.15, 0.2) is 0 Å². The van der Waals surface area contributed by atoms with Crippen molar-refractivity contribution in [2.24, 2.45) is 5.84 Å². The number of nitrogens with two attached hydrogens (primary N) is 1. The van der Waals surface area contributed by atoms with Gasteiger partial charge in [0.1, 0.15) is 23.3 Å². The number of nitrogens with one attached hydrogen (secondary N) is 1. The predicted octanol–water partition coefficient (Wildman–Crippen LogP) is 2.80. The van der Waals surface area contributed by atoms with Crippen molar-refractivity contribution >= 4 is 0 Å². The summed E-state index contributed by atoms with van der Waals surface area (Å²) in [6.45, 7) is 0. The Bertz CT molecular complexity index is 581. The van der Waals surface area contributed by atoms with E-state index in [-0.39, 0.29) is 11.1 Å². The molecule has 6 heteroatoms. The minimum Gasteiger partial charge on any atom is -0.271 e. The Balaban J connectivity index is 2.49. The van der Waals surface area contributed by atoms with Crippen molar-refractivity contribution in [2.75, 3.05) is 0 Å². The molecule has 0 radical (unpaired) electrons. The molecule has 1 atom stereocenters. The summed E-state index contributed by atoms with van der Waals surface area (Å²) >= 11 is 0. The molecule has 0 aliphatic rings. The molecule has 0 bridgehead atoms. The van der Waals surface area contributed by atoms with Gasteiger partial charge in [-0.3, -0.25) is 5.84 Å². The van der Waals surface area contributed by atoms with Gasteiger partial charge in [-0.15, -0.1) is 0 Å². The fourth-order valence-electron chi connectivity index (χ4n) is 1.84. The van der Waals surface area contributed by atoms with Gasteiger partial charge in [-0.25, -0.2) is 23.0 Å². The van der Waals surface area contributed by atoms with E-state index in [1.165, 1.54) is 0 Å². The molecule has 0 heterocycles. The van der Waals surface area contributed by atoms with Crippen molar-refractivity contribution in [1.29, 1.82) is 0 Å². The first-order chi connectivity index (χ1) is 9.01. The molecule has 0 amide bonds. The smallest absolute Gasteiger partial charge is 0.131 e. The summed E-state index contributed by atoms with van der Waals surface area (Å²) in [5, 5.41) is 0. The first-order valence-electron chi connectivity index (χ1n) is 5.38. The number of benzene rings is 2. The number of rotatable bonds is 3. The SMILES string of the molecule is NNC(c1cc(F)cc(F)c1)c1ccc(F)cc1F. The Morgan fingerprint density at radius 1 is 0.842 bits per heavy atom. The fraction of sp³-hybridized carbons (Fsp3) is 0.0769. The monoisotopic (exact) mass is 270 g/mol. The van der Waals surface area contributed by atoms with Gasteiger partial charge in [-0.05, 0) is 23.8 Å². The maximum absolute atomic E-state index is 13.7. The normalized spacial score (nSPS) is 12.5. The highest BCUT2D eigenvalue weighted by atomic mass is 19.1. The summed E-state index contributed by atoms with van der Waals surface area (Å²) in [4.78, 5) is 0. The van der Waals surface area contributed by atoms with Crippen LogP contribution in [0.15, 0.2) is 36.4 Å². The third-order valence-corrected chi connectivity index (χ3v) is 2.66. The van der Waals surface area contributed by atoms with Crippen molar-refractivity contribution in [2.45, 2.75) is 6.04 Å².